The lowest BCUT2D eigenvalue weighted by molar-refractivity contribution is 0.0747. The number of aryl methyl sites for hydroxylation is 2. The minimum atomic E-state index is -3.71. The van der Waals surface area contributed by atoms with Gasteiger partial charge < -0.3 is 4.90 Å². The van der Waals surface area contributed by atoms with Crippen LogP contribution >= 0.6 is 11.3 Å². The highest BCUT2D eigenvalue weighted by Gasteiger charge is 2.23. The molecule has 2 aromatic rings. The summed E-state index contributed by atoms with van der Waals surface area (Å²) in [6, 6.07) is 8.26. The van der Waals surface area contributed by atoms with Crippen molar-refractivity contribution >= 4 is 27.3 Å². The maximum absolute atomic E-state index is 12.9. The maximum atomic E-state index is 12.9. The number of benzene rings is 1. The number of fused-ring (bicyclic) bond motifs is 1. The van der Waals surface area contributed by atoms with E-state index in [0.717, 1.165) is 23.3 Å². The molecule has 140 valence electrons. The first-order valence-electron chi connectivity index (χ1n) is 8.79. The van der Waals surface area contributed by atoms with Crippen molar-refractivity contribution in [2.24, 2.45) is 5.14 Å². The molecule has 0 saturated carbocycles. The second-order valence-electron chi connectivity index (χ2n) is 6.83. The molecule has 0 saturated heterocycles. The maximum Gasteiger partial charge on any atom is 0.264 e. The van der Waals surface area contributed by atoms with Gasteiger partial charge in [-0.1, -0.05) is 18.6 Å². The Labute approximate surface area is 158 Å². The standard InChI is InChI=1S/C19H24N2O3S2/c1-13(14-8-10-16(11-9-14)26(20,23)24)21(2)19(22)18-12-15-6-4-3-5-7-17(15)25-18/h8-13H,3-7H2,1-2H3,(H2,20,23,24)/t13-/m1/s1. The molecule has 1 amide bonds. The van der Waals surface area contributed by atoms with E-state index in [4.69, 9.17) is 5.14 Å². The van der Waals surface area contributed by atoms with Crippen molar-refractivity contribution in [1.82, 2.24) is 4.90 Å². The summed E-state index contributed by atoms with van der Waals surface area (Å²) in [5, 5.41) is 5.14. The lowest BCUT2D eigenvalue weighted by Gasteiger charge is -2.25. The second-order valence-corrected chi connectivity index (χ2v) is 9.52. The molecule has 0 spiro atoms. The van der Waals surface area contributed by atoms with Gasteiger partial charge in [0, 0.05) is 11.9 Å². The van der Waals surface area contributed by atoms with Gasteiger partial charge in [0.25, 0.3) is 5.91 Å². The number of nitrogens with zero attached hydrogens (tertiary/aromatic N) is 1. The van der Waals surface area contributed by atoms with Crippen molar-refractivity contribution in [2.45, 2.75) is 50.0 Å². The molecule has 1 aromatic carbocycles. The van der Waals surface area contributed by atoms with E-state index in [9.17, 15) is 13.2 Å². The van der Waals surface area contributed by atoms with Gasteiger partial charge in [-0.25, -0.2) is 13.6 Å². The third-order valence-electron chi connectivity index (χ3n) is 5.05. The fourth-order valence-electron chi connectivity index (χ4n) is 3.28. The molecular formula is C19H24N2O3S2. The molecule has 0 unspecified atom stereocenters. The fourth-order valence-corrected chi connectivity index (χ4v) is 5.03. The van der Waals surface area contributed by atoms with Gasteiger partial charge in [-0.2, -0.15) is 0 Å². The largest absolute Gasteiger partial charge is 0.334 e. The van der Waals surface area contributed by atoms with Gasteiger partial charge in [0.2, 0.25) is 10.0 Å². The number of carbonyl (C=O) groups is 1. The second kappa shape index (κ2) is 7.50. The molecule has 2 N–H and O–H groups in total. The Bertz CT molecular complexity index is 878. The van der Waals surface area contributed by atoms with Crippen LogP contribution in [-0.4, -0.2) is 26.3 Å². The molecular weight excluding hydrogens is 368 g/mol. The summed E-state index contributed by atoms with van der Waals surface area (Å²) < 4.78 is 22.8. The quantitative estimate of drug-likeness (QED) is 0.809. The average molecular weight is 393 g/mol. The van der Waals surface area contributed by atoms with E-state index in [-0.39, 0.29) is 16.8 Å². The Morgan fingerprint density at radius 2 is 1.81 bits per heavy atom. The number of nitrogens with two attached hydrogens (primary N) is 1. The molecule has 1 aliphatic rings. The van der Waals surface area contributed by atoms with Crippen molar-refractivity contribution < 1.29 is 13.2 Å². The van der Waals surface area contributed by atoms with E-state index < -0.39 is 10.0 Å². The van der Waals surface area contributed by atoms with Gasteiger partial charge in [-0.3, -0.25) is 4.79 Å². The van der Waals surface area contributed by atoms with Crippen LogP contribution in [0.15, 0.2) is 35.2 Å². The topological polar surface area (TPSA) is 80.5 Å². The zero-order valence-corrected chi connectivity index (χ0v) is 16.7. The van der Waals surface area contributed by atoms with Crippen molar-refractivity contribution in [1.29, 1.82) is 0 Å². The predicted octanol–water partition coefficient (Wildman–Crippen LogP) is 3.50. The first-order valence-corrected chi connectivity index (χ1v) is 11.1. The van der Waals surface area contributed by atoms with Crippen LogP contribution in [0.5, 0.6) is 0 Å². The van der Waals surface area contributed by atoms with E-state index in [1.165, 1.54) is 41.8 Å². The molecule has 0 radical (unpaired) electrons. The van der Waals surface area contributed by atoms with Crippen molar-refractivity contribution in [3.05, 3.63) is 51.2 Å². The normalized spacial score (nSPS) is 15.8. The first kappa shape index (κ1) is 19.1. The van der Waals surface area contributed by atoms with Crippen molar-refractivity contribution in [3.8, 4) is 0 Å². The highest BCUT2D eigenvalue weighted by molar-refractivity contribution is 7.89. The van der Waals surface area contributed by atoms with Crippen LogP contribution in [0.25, 0.3) is 0 Å². The molecule has 1 aliphatic carbocycles. The SMILES string of the molecule is C[C@H](c1ccc(S(N)(=O)=O)cc1)N(C)C(=O)c1cc2c(s1)CCCCC2. The van der Waals surface area contributed by atoms with Crippen LogP contribution in [0.4, 0.5) is 0 Å². The van der Waals surface area contributed by atoms with Crippen LogP contribution in [0.3, 0.4) is 0 Å². The molecule has 0 aliphatic heterocycles. The minimum absolute atomic E-state index is 0.00564. The number of amides is 1. The zero-order chi connectivity index (χ0) is 18.9. The van der Waals surface area contributed by atoms with Crippen LogP contribution < -0.4 is 5.14 Å². The van der Waals surface area contributed by atoms with E-state index in [0.29, 0.717) is 0 Å². The number of primary sulfonamides is 1. The molecule has 1 aromatic heterocycles. The molecule has 26 heavy (non-hydrogen) atoms. The summed E-state index contributed by atoms with van der Waals surface area (Å²) in [6.45, 7) is 1.93. The lowest BCUT2D eigenvalue weighted by atomic mass is 10.1. The Hall–Kier alpha value is -1.70. The minimum Gasteiger partial charge on any atom is -0.334 e. The third-order valence-corrected chi connectivity index (χ3v) is 7.20. The van der Waals surface area contributed by atoms with Crippen LogP contribution in [-0.2, 0) is 22.9 Å². The number of hydrogen-bond donors (Lipinski definition) is 1. The Morgan fingerprint density at radius 1 is 1.15 bits per heavy atom. The molecule has 0 bridgehead atoms. The van der Waals surface area contributed by atoms with Crippen LogP contribution in [0.1, 0.15) is 57.9 Å². The highest BCUT2D eigenvalue weighted by Crippen LogP contribution is 2.31. The summed E-state index contributed by atoms with van der Waals surface area (Å²) >= 11 is 1.62. The molecule has 1 heterocycles. The Kier molecular flexibility index (Phi) is 5.50. The Balaban J connectivity index is 1.77. The van der Waals surface area contributed by atoms with Crippen molar-refractivity contribution in [2.75, 3.05) is 7.05 Å². The highest BCUT2D eigenvalue weighted by atomic mass is 32.2. The van der Waals surface area contributed by atoms with Crippen LogP contribution in [0.2, 0.25) is 0 Å². The van der Waals surface area contributed by atoms with Gasteiger partial charge in [0.15, 0.2) is 0 Å². The number of carbonyl (C=O) groups excluding carboxylic acids is 1. The number of thiophene rings is 1. The van der Waals surface area contributed by atoms with Gasteiger partial charge in [0.1, 0.15) is 0 Å². The summed E-state index contributed by atoms with van der Waals surface area (Å²) in [5.74, 6) is 0.00564. The van der Waals surface area contributed by atoms with E-state index in [1.54, 1.807) is 35.4 Å². The number of rotatable bonds is 4. The van der Waals surface area contributed by atoms with Gasteiger partial charge >= 0.3 is 0 Å². The summed E-state index contributed by atoms with van der Waals surface area (Å²) in [5.41, 5.74) is 2.20. The monoisotopic (exact) mass is 392 g/mol. The fraction of sp³-hybridized carbons (Fsp3) is 0.421. The first-order chi connectivity index (χ1) is 12.3. The number of sulfonamides is 1. The van der Waals surface area contributed by atoms with Crippen molar-refractivity contribution in [3.63, 3.8) is 0 Å². The molecule has 0 fully saturated rings. The summed E-state index contributed by atoms with van der Waals surface area (Å²) in [4.78, 5) is 16.8. The molecule has 5 nitrogen and oxygen atoms in total. The van der Waals surface area contributed by atoms with Crippen LogP contribution in [0, 0.1) is 0 Å². The smallest absolute Gasteiger partial charge is 0.264 e. The number of hydrogen-bond acceptors (Lipinski definition) is 4. The summed E-state index contributed by atoms with van der Waals surface area (Å²) in [6.07, 6.45) is 5.79. The predicted molar refractivity (Wildman–Crippen MR) is 104 cm³/mol. The third kappa shape index (κ3) is 4.00. The lowest BCUT2D eigenvalue weighted by Crippen LogP contribution is -2.29. The van der Waals surface area contributed by atoms with E-state index >= 15 is 0 Å². The van der Waals surface area contributed by atoms with Gasteiger partial charge in [0.05, 0.1) is 15.8 Å². The van der Waals surface area contributed by atoms with Gasteiger partial charge in [-0.05, 0) is 61.9 Å². The molecule has 1 atom stereocenters. The van der Waals surface area contributed by atoms with E-state index in [1.807, 2.05) is 6.92 Å². The van der Waals surface area contributed by atoms with Gasteiger partial charge in [-0.15, -0.1) is 11.3 Å². The molecule has 7 heteroatoms. The average Bonchev–Trinajstić information content (AvgIpc) is 2.90. The summed E-state index contributed by atoms with van der Waals surface area (Å²) in [7, 11) is -1.93. The van der Waals surface area contributed by atoms with E-state index in [2.05, 4.69) is 6.07 Å². The molecule has 3 rings (SSSR count). The zero-order valence-electron chi connectivity index (χ0n) is 15.1. The Morgan fingerprint density at radius 3 is 2.46 bits per heavy atom.